The average Bonchev–Trinajstić information content (AvgIpc) is 2.65. The van der Waals surface area contributed by atoms with Crippen molar-refractivity contribution in [2.45, 2.75) is 30.8 Å². The van der Waals surface area contributed by atoms with Gasteiger partial charge < -0.3 is 11.1 Å². The van der Waals surface area contributed by atoms with Gasteiger partial charge in [0.25, 0.3) is 5.91 Å². The van der Waals surface area contributed by atoms with Crippen LogP contribution >= 0.6 is 0 Å². The lowest BCUT2D eigenvalue weighted by atomic mass is 9.92. The molecule has 0 saturated carbocycles. The molecule has 0 spiro atoms. The first-order valence-electron chi connectivity index (χ1n) is 9.08. The van der Waals surface area contributed by atoms with Crippen molar-refractivity contribution in [1.82, 2.24) is 0 Å². The number of hydrogen-bond donors (Lipinski definition) is 2. The monoisotopic (exact) mass is 457 g/mol. The van der Waals surface area contributed by atoms with Gasteiger partial charge in [-0.15, -0.1) is 0 Å². The van der Waals surface area contributed by atoms with E-state index in [1.54, 1.807) is 0 Å². The van der Waals surface area contributed by atoms with Crippen LogP contribution in [0.4, 0.5) is 23.2 Å². The lowest BCUT2D eigenvalue weighted by molar-refractivity contribution is -0.137. The number of alkyl halides is 3. The van der Waals surface area contributed by atoms with E-state index in [2.05, 4.69) is 10.3 Å². The second-order valence-corrected chi connectivity index (χ2v) is 9.81. The zero-order valence-electron chi connectivity index (χ0n) is 16.5. The van der Waals surface area contributed by atoms with Crippen LogP contribution in [-0.2, 0) is 21.6 Å². The third-order valence-corrected chi connectivity index (χ3v) is 7.38. The van der Waals surface area contributed by atoms with Crippen molar-refractivity contribution in [1.29, 1.82) is 0 Å². The molecule has 11 heteroatoms. The van der Waals surface area contributed by atoms with Gasteiger partial charge in [0.15, 0.2) is 9.84 Å². The molecule has 2 atom stereocenters. The van der Waals surface area contributed by atoms with Gasteiger partial charge in [0.05, 0.1) is 11.3 Å². The molecule has 166 valence electrons. The Labute approximate surface area is 176 Å². The van der Waals surface area contributed by atoms with Gasteiger partial charge in [-0.1, -0.05) is 0 Å². The maximum atomic E-state index is 14.6. The number of benzene rings is 2. The van der Waals surface area contributed by atoms with Crippen LogP contribution in [0.3, 0.4) is 0 Å². The van der Waals surface area contributed by atoms with Gasteiger partial charge in [-0.05, 0) is 56.3 Å². The zero-order valence-corrected chi connectivity index (χ0v) is 17.3. The van der Waals surface area contributed by atoms with Gasteiger partial charge in [-0.2, -0.15) is 13.2 Å². The average molecular weight is 457 g/mol. The molecular formula is C20H19F4N3O3S. The number of nitrogens with two attached hydrogens (primary N) is 1. The van der Waals surface area contributed by atoms with Crippen molar-refractivity contribution >= 4 is 27.3 Å². The summed E-state index contributed by atoms with van der Waals surface area (Å²) in [5.74, 6) is -2.14. The minimum Gasteiger partial charge on any atom is -0.386 e. The Morgan fingerprint density at radius 3 is 2.35 bits per heavy atom. The number of anilines is 1. The molecule has 0 aromatic heterocycles. The fourth-order valence-corrected chi connectivity index (χ4v) is 4.95. The van der Waals surface area contributed by atoms with Crippen LogP contribution in [0.25, 0.3) is 0 Å². The van der Waals surface area contributed by atoms with Crippen molar-refractivity contribution in [2.24, 2.45) is 10.7 Å². The minimum absolute atomic E-state index is 0.0256. The summed E-state index contributed by atoms with van der Waals surface area (Å²) >= 11 is 0. The fraction of sp³-hybridized carbons (Fsp3) is 0.300. The number of hydrogen-bond acceptors (Lipinski definition) is 5. The Kier molecular flexibility index (Phi) is 5.59. The van der Waals surface area contributed by atoms with Gasteiger partial charge in [-0.25, -0.2) is 12.8 Å². The van der Waals surface area contributed by atoms with Crippen LogP contribution in [0.15, 0.2) is 47.5 Å². The maximum absolute atomic E-state index is 14.6. The van der Waals surface area contributed by atoms with Crippen molar-refractivity contribution in [3.05, 3.63) is 65.0 Å². The highest BCUT2D eigenvalue weighted by atomic mass is 32.2. The predicted molar refractivity (Wildman–Crippen MR) is 108 cm³/mol. The minimum atomic E-state index is -4.51. The molecule has 3 rings (SSSR count). The molecule has 0 fully saturated rings. The fourth-order valence-electron chi connectivity index (χ4n) is 3.27. The first-order chi connectivity index (χ1) is 14.2. The summed E-state index contributed by atoms with van der Waals surface area (Å²) in [6.07, 6.45) is -4.51. The van der Waals surface area contributed by atoms with E-state index < -0.39 is 49.8 Å². The first-order valence-corrected chi connectivity index (χ1v) is 10.8. The van der Waals surface area contributed by atoms with Gasteiger partial charge >= 0.3 is 6.18 Å². The standard InChI is InChI=1S/C20H19F4N3O3S/c1-11-17(25)27-19(2,10-31(11,29)30)15-9-12(3-8-16(15)21)18(28)26-14-6-4-13(5-7-14)20(22,23)24/h3-9,11H,10H2,1-2H3,(H2,25,27)(H,26,28)/t11?,19-/m0/s1. The van der Waals surface area contributed by atoms with Crippen molar-refractivity contribution in [2.75, 3.05) is 11.1 Å². The number of nitrogens with one attached hydrogen (secondary N) is 1. The summed E-state index contributed by atoms with van der Waals surface area (Å²) in [6, 6.07) is 7.15. The molecule has 6 nitrogen and oxygen atoms in total. The van der Waals surface area contributed by atoms with Crippen molar-refractivity contribution in [3.8, 4) is 0 Å². The molecule has 2 aromatic rings. The normalized spacial score (nSPS) is 23.2. The van der Waals surface area contributed by atoms with Crippen LogP contribution in [0, 0.1) is 5.82 Å². The number of carbonyl (C=O) groups excluding carboxylic acids is 1. The maximum Gasteiger partial charge on any atom is 0.416 e. The Morgan fingerprint density at radius 2 is 1.81 bits per heavy atom. The van der Waals surface area contributed by atoms with Gasteiger partial charge in [0.2, 0.25) is 0 Å². The molecule has 1 amide bonds. The number of amides is 1. The van der Waals surface area contributed by atoms with E-state index in [9.17, 15) is 30.8 Å². The molecule has 1 aliphatic rings. The second kappa shape index (κ2) is 7.63. The number of carbonyl (C=O) groups is 1. The van der Waals surface area contributed by atoms with Crippen LogP contribution in [0.5, 0.6) is 0 Å². The van der Waals surface area contributed by atoms with Crippen LogP contribution in [0.1, 0.15) is 35.3 Å². The lowest BCUT2D eigenvalue weighted by Gasteiger charge is -2.33. The van der Waals surface area contributed by atoms with E-state index in [0.29, 0.717) is 0 Å². The summed E-state index contributed by atoms with van der Waals surface area (Å²) in [4.78, 5) is 16.7. The summed E-state index contributed by atoms with van der Waals surface area (Å²) < 4.78 is 77.4. The van der Waals surface area contributed by atoms with E-state index in [4.69, 9.17) is 5.73 Å². The van der Waals surface area contributed by atoms with Gasteiger partial charge in [0, 0.05) is 16.8 Å². The lowest BCUT2D eigenvalue weighted by Crippen LogP contribution is -2.47. The molecule has 3 N–H and O–H groups in total. The van der Waals surface area contributed by atoms with E-state index >= 15 is 0 Å². The Bertz CT molecular complexity index is 1160. The molecule has 31 heavy (non-hydrogen) atoms. The molecule has 2 aromatic carbocycles. The molecule has 0 radical (unpaired) electrons. The molecule has 1 aliphatic heterocycles. The Hall–Kier alpha value is -2.95. The smallest absolute Gasteiger partial charge is 0.386 e. The molecule has 1 heterocycles. The topological polar surface area (TPSA) is 102 Å². The quantitative estimate of drug-likeness (QED) is 0.689. The summed E-state index contributed by atoms with van der Waals surface area (Å²) in [5.41, 5.74) is 3.29. The van der Waals surface area contributed by atoms with Gasteiger partial charge in [0.1, 0.15) is 22.4 Å². The third kappa shape index (κ3) is 4.55. The van der Waals surface area contributed by atoms with E-state index in [1.807, 2.05) is 0 Å². The molecule has 0 aliphatic carbocycles. The van der Waals surface area contributed by atoms with Crippen LogP contribution in [0.2, 0.25) is 0 Å². The number of aliphatic imine (C=N–C) groups is 1. The summed E-state index contributed by atoms with van der Waals surface area (Å²) in [6.45, 7) is 2.79. The first kappa shape index (κ1) is 22.7. The second-order valence-electron chi connectivity index (χ2n) is 7.48. The zero-order chi connectivity index (χ0) is 23.2. The molecule has 1 unspecified atom stereocenters. The predicted octanol–water partition coefficient (Wildman–Crippen LogP) is 3.49. The molecular weight excluding hydrogens is 438 g/mol. The SMILES string of the molecule is CC1C(N)=N[C@](C)(c2cc(C(=O)Nc3ccc(C(F)(F)F)cc3)ccc2F)CS1(=O)=O. The highest BCUT2D eigenvalue weighted by Crippen LogP contribution is 2.35. The van der Waals surface area contributed by atoms with Gasteiger partial charge in [-0.3, -0.25) is 9.79 Å². The number of halogens is 4. The van der Waals surface area contributed by atoms with E-state index in [-0.39, 0.29) is 22.6 Å². The Balaban J connectivity index is 1.91. The van der Waals surface area contributed by atoms with E-state index in [1.165, 1.54) is 19.9 Å². The number of sulfone groups is 1. The summed E-state index contributed by atoms with van der Waals surface area (Å²) in [7, 11) is -3.70. The van der Waals surface area contributed by atoms with Crippen LogP contribution in [-0.4, -0.2) is 31.2 Å². The largest absolute Gasteiger partial charge is 0.416 e. The summed E-state index contributed by atoms with van der Waals surface area (Å²) in [5, 5.41) is 1.42. The Morgan fingerprint density at radius 1 is 1.19 bits per heavy atom. The highest BCUT2D eigenvalue weighted by Gasteiger charge is 2.43. The molecule has 0 bridgehead atoms. The molecule has 0 saturated heterocycles. The van der Waals surface area contributed by atoms with Crippen LogP contribution < -0.4 is 11.1 Å². The number of rotatable bonds is 3. The van der Waals surface area contributed by atoms with Crippen molar-refractivity contribution in [3.63, 3.8) is 0 Å². The number of amidine groups is 1. The van der Waals surface area contributed by atoms with Crippen molar-refractivity contribution < 1.29 is 30.8 Å². The van der Waals surface area contributed by atoms with E-state index in [0.717, 1.165) is 36.4 Å². The highest BCUT2D eigenvalue weighted by molar-refractivity contribution is 7.92. The number of nitrogens with zero attached hydrogens (tertiary/aromatic N) is 1. The third-order valence-electron chi connectivity index (χ3n) is 5.09.